The van der Waals surface area contributed by atoms with E-state index in [1.807, 2.05) is 0 Å². The lowest BCUT2D eigenvalue weighted by molar-refractivity contribution is 0.103. The highest BCUT2D eigenvalue weighted by Gasteiger charge is 2.15. The number of nitrogens with zero attached hydrogens (tertiary/aromatic N) is 2. The molecular weight excluding hydrogens is 218 g/mol. The number of aromatic nitrogens is 2. The van der Waals surface area contributed by atoms with Crippen LogP contribution in [-0.4, -0.2) is 20.9 Å². The molecule has 0 fully saturated rings. The van der Waals surface area contributed by atoms with E-state index in [9.17, 15) is 9.90 Å². The molecule has 2 rings (SSSR count). The molecule has 1 heterocycles. The predicted molar refractivity (Wildman–Crippen MR) is 62.7 cm³/mol. The first kappa shape index (κ1) is 11.1. The Morgan fingerprint density at radius 2 is 1.94 bits per heavy atom. The Bertz CT molecular complexity index is 564. The summed E-state index contributed by atoms with van der Waals surface area (Å²) in [4.78, 5) is 19.5. The van der Waals surface area contributed by atoms with E-state index in [0.717, 1.165) is 0 Å². The molecule has 2 aromatic rings. The summed E-state index contributed by atoms with van der Waals surface area (Å²) >= 11 is 0. The van der Waals surface area contributed by atoms with Gasteiger partial charge < -0.3 is 10.8 Å². The van der Waals surface area contributed by atoms with Crippen LogP contribution in [0.3, 0.4) is 0 Å². The van der Waals surface area contributed by atoms with Crippen molar-refractivity contribution in [2.45, 2.75) is 6.92 Å². The number of hydrogen-bond donors (Lipinski definition) is 2. The number of carbonyl (C=O) groups is 1. The minimum absolute atomic E-state index is 0.0191. The quantitative estimate of drug-likeness (QED) is 0.758. The van der Waals surface area contributed by atoms with Gasteiger partial charge in [0.05, 0.1) is 11.1 Å². The van der Waals surface area contributed by atoms with Crippen LogP contribution in [0.4, 0.5) is 5.95 Å². The van der Waals surface area contributed by atoms with E-state index in [0.29, 0.717) is 11.1 Å². The summed E-state index contributed by atoms with van der Waals surface area (Å²) in [5.74, 6) is -0.240. The second-order valence-electron chi connectivity index (χ2n) is 3.63. The highest BCUT2D eigenvalue weighted by Crippen LogP contribution is 2.23. The summed E-state index contributed by atoms with van der Waals surface area (Å²) in [6, 6.07) is 4.99. The zero-order chi connectivity index (χ0) is 12.4. The fourth-order valence-corrected chi connectivity index (χ4v) is 1.45. The maximum Gasteiger partial charge on any atom is 0.219 e. The molecule has 1 aromatic heterocycles. The fourth-order valence-electron chi connectivity index (χ4n) is 1.45. The van der Waals surface area contributed by atoms with Crippen molar-refractivity contribution in [3.8, 4) is 5.75 Å². The number of ketones is 1. The Hall–Kier alpha value is -2.43. The minimum Gasteiger partial charge on any atom is -0.507 e. The normalized spacial score (nSPS) is 10.2. The number of hydrogen-bond acceptors (Lipinski definition) is 5. The number of aryl methyl sites for hydroxylation is 1. The molecule has 0 aliphatic rings. The summed E-state index contributed by atoms with van der Waals surface area (Å²) in [7, 11) is 0. The number of benzene rings is 1. The van der Waals surface area contributed by atoms with Crippen LogP contribution in [0.15, 0.2) is 30.6 Å². The molecule has 3 N–H and O–H groups in total. The van der Waals surface area contributed by atoms with Crippen molar-refractivity contribution in [1.82, 2.24) is 9.97 Å². The van der Waals surface area contributed by atoms with E-state index in [-0.39, 0.29) is 23.0 Å². The average Bonchev–Trinajstić information content (AvgIpc) is 2.33. The van der Waals surface area contributed by atoms with Crippen molar-refractivity contribution in [3.05, 3.63) is 47.3 Å². The first-order chi connectivity index (χ1) is 8.09. The molecule has 86 valence electrons. The van der Waals surface area contributed by atoms with E-state index in [1.165, 1.54) is 12.4 Å². The Labute approximate surface area is 98.0 Å². The second kappa shape index (κ2) is 4.21. The van der Waals surface area contributed by atoms with E-state index >= 15 is 0 Å². The van der Waals surface area contributed by atoms with E-state index in [4.69, 9.17) is 5.73 Å². The number of para-hydroxylation sites is 1. The summed E-state index contributed by atoms with van der Waals surface area (Å²) in [5, 5.41) is 9.80. The maximum absolute atomic E-state index is 12.0. The Kier molecular flexibility index (Phi) is 2.74. The molecule has 0 atom stereocenters. The number of aromatic hydroxyl groups is 1. The van der Waals surface area contributed by atoms with Gasteiger partial charge in [0.1, 0.15) is 5.75 Å². The third-order valence-electron chi connectivity index (χ3n) is 2.42. The number of nitrogen functional groups attached to an aromatic ring is 1. The summed E-state index contributed by atoms with van der Waals surface area (Å²) in [5.41, 5.74) is 6.51. The maximum atomic E-state index is 12.0. The number of phenols is 1. The largest absolute Gasteiger partial charge is 0.507 e. The lowest BCUT2D eigenvalue weighted by atomic mass is 10.0. The van der Waals surface area contributed by atoms with Gasteiger partial charge in [0, 0.05) is 12.4 Å². The molecule has 0 bridgehead atoms. The number of carbonyl (C=O) groups excluding carboxylic acids is 1. The average molecular weight is 229 g/mol. The summed E-state index contributed by atoms with van der Waals surface area (Å²) in [6.07, 6.45) is 2.68. The van der Waals surface area contributed by atoms with Gasteiger partial charge in [-0.25, -0.2) is 9.97 Å². The Morgan fingerprint density at radius 1 is 1.29 bits per heavy atom. The van der Waals surface area contributed by atoms with Gasteiger partial charge in [-0.1, -0.05) is 12.1 Å². The van der Waals surface area contributed by atoms with E-state index in [2.05, 4.69) is 9.97 Å². The molecule has 5 heteroatoms. The van der Waals surface area contributed by atoms with Crippen LogP contribution in [0, 0.1) is 6.92 Å². The smallest absolute Gasteiger partial charge is 0.219 e. The van der Waals surface area contributed by atoms with Crippen molar-refractivity contribution in [2.75, 3.05) is 5.73 Å². The van der Waals surface area contributed by atoms with Crippen LogP contribution < -0.4 is 5.73 Å². The monoisotopic (exact) mass is 229 g/mol. The number of rotatable bonds is 2. The third-order valence-corrected chi connectivity index (χ3v) is 2.42. The third kappa shape index (κ3) is 2.08. The first-order valence-corrected chi connectivity index (χ1v) is 5.00. The van der Waals surface area contributed by atoms with Crippen molar-refractivity contribution < 1.29 is 9.90 Å². The van der Waals surface area contributed by atoms with Gasteiger partial charge in [-0.15, -0.1) is 0 Å². The molecule has 0 radical (unpaired) electrons. The van der Waals surface area contributed by atoms with Gasteiger partial charge in [0.25, 0.3) is 0 Å². The number of phenolic OH excluding ortho intramolecular Hbond substituents is 1. The number of nitrogens with two attached hydrogens (primary N) is 1. The van der Waals surface area contributed by atoms with Crippen molar-refractivity contribution in [2.24, 2.45) is 0 Å². The van der Waals surface area contributed by atoms with Gasteiger partial charge in [0.15, 0.2) is 5.78 Å². The van der Waals surface area contributed by atoms with Gasteiger partial charge in [0.2, 0.25) is 5.95 Å². The standard InChI is InChI=1S/C12H11N3O2/c1-7-3-2-4-9(10(7)16)11(17)8-5-14-12(13)15-6-8/h2-6,16H,1H3,(H2,13,14,15). The molecule has 0 unspecified atom stereocenters. The van der Waals surface area contributed by atoms with Crippen LogP contribution in [0.2, 0.25) is 0 Å². The Balaban J connectivity index is 2.44. The second-order valence-corrected chi connectivity index (χ2v) is 3.63. The molecule has 1 aromatic carbocycles. The summed E-state index contributed by atoms with van der Waals surface area (Å²) < 4.78 is 0. The minimum atomic E-state index is -0.328. The van der Waals surface area contributed by atoms with Crippen LogP contribution >= 0.6 is 0 Å². The van der Waals surface area contributed by atoms with Crippen LogP contribution in [0.5, 0.6) is 5.75 Å². The predicted octanol–water partition coefficient (Wildman–Crippen LogP) is 1.30. The van der Waals surface area contributed by atoms with E-state index in [1.54, 1.807) is 25.1 Å². The zero-order valence-corrected chi connectivity index (χ0v) is 9.21. The SMILES string of the molecule is Cc1cccc(C(=O)c2cnc(N)nc2)c1O. The number of anilines is 1. The molecule has 0 saturated carbocycles. The molecule has 0 saturated heterocycles. The summed E-state index contributed by atoms with van der Waals surface area (Å²) in [6.45, 7) is 1.73. The molecule has 17 heavy (non-hydrogen) atoms. The van der Waals surface area contributed by atoms with Crippen LogP contribution in [0.25, 0.3) is 0 Å². The molecule has 0 aliphatic heterocycles. The fraction of sp³-hybridized carbons (Fsp3) is 0.0833. The van der Waals surface area contributed by atoms with Gasteiger partial charge in [-0.3, -0.25) is 4.79 Å². The van der Waals surface area contributed by atoms with Crippen molar-refractivity contribution >= 4 is 11.7 Å². The molecular formula is C12H11N3O2. The first-order valence-electron chi connectivity index (χ1n) is 5.00. The highest BCUT2D eigenvalue weighted by molar-refractivity contribution is 6.10. The lowest BCUT2D eigenvalue weighted by Gasteiger charge is -2.05. The van der Waals surface area contributed by atoms with Crippen molar-refractivity contribution in [3.63, 3.8) is 0 Å². The van der Waals surface area contributed by atoms with Crippen LogP contribution in [-0.2, 0) is 0 Å². The zero-order valence-electron chi connectivity index (χ0n) is 9.21. The molecule has 0 spiro atoms. The molecule has 0 amide bonds. The molecule has 0 aliphatic carbocycles. The van der Waals surface area contributed by atoms with Gasteiger partial charge in [-0.2, -0.15) is 0 Å². The van der Waals surface area contributed by atoms with Gasteiger partial charge >= 0.3 is 0 Å². The lowest BCUT2D eigenvalue weighted by Crippen LogP contribution is -2.05. The van der Waals surface area contributed by atoms with E-state index < -0.39 is 0 Å². The Morgan fingerprint density at radius 3 is 2.59 bits per heavy atom. The van der Waals surface area contributed by atoms with Crippen molar-refractivity contribution in [1.29, 1.82) is 0 Å². The molecule has 5 nitrogen and oxygen atoms in total. The van der Waals surface area contributed by atoms with Crippen LogP contribution in [0.1, 0.15) is 21.5 Å². The topological polar surface area (TPSA) is 89.1 Å². The van der Waals surface area contributed by atoms with Gasteiger partial charge in [-0.05, 0) is 18.6 Å². The highest BCUT2D eigenvalue weighted by atomic mass is 16.3.